The van der Waals surface area contributed by atoms with Crippen LogP contribution in [-0.2, 0) is 9.53 Å². The second-order valence-electron chi connectivity index (χ2n) is 5.62. The lowest BCUT2D eigenvalue weighted by molar-refractivity contribution is -0.293. The molecule has 1 aliphatic rings. The van der Waals surface area contributed by atoms with Gasteiger partial charge in [0.05, 0.1) is 18.7 Å². The maximum atomic E-state index is 13.0. The average molecular weight is 394 g/mol. The summed E-state index contributed by atoms with van der Waals surface area (Å²) in [5, 5.41) is 4.65. The fourth-order valence-corrected chi connectivity index (χ4v) is 2.33. The normalized spacial score (nSPS) is 17.9. The summed E-state index contributed by atoms with van der Waals surface area (Å²) in [6.07, 6.45) is -5.86. The Hall–Kier alpha value is -2.85. The highest BCUT2D eigenvalue weighted by molar-refractivity contribution is 5.95. The van der Waals surface area contributed by atoms with E-state index in [0.717, 1.165) is 0 Å². The van der Waals surface area contributed by atoms with Crippen molar-refractivity contribution in [2.75, 3.05) is 13.7 Å². The van der Waals surface area contributed by atoms with Crippen molar-refractivity contribution < 1.29 is 41.0 Å². The fourth-order valence-electron chi connectivity index (χ4n) is 2.33. The number of carbonyl (C=O) groups is 2. The zero-order valence-corrected chi connectivity index (χ0v) is 14.1. The molecule has 0 radical (unpaired) electrons. The summed E-state index contributed by atoms with van der Waals surface area (Å²) in [7, 11) is 1.43. The zero-order valence-electron chi connectivity index (χ0n) is 14.1. The summed E-state index contributed by atoms with van der Waals surface area (Å²) < 4.78 is 71.9. The summed E-state index contributed by atoms with van der Waals surface area (Å²) >= 11 is 0. The van der Waals surface area contributed by atoms with Crippen molar-refractivity contribution in [3.8, 4) is 5.75 Å². The van der Waals surface area contributed by atoms with Crippen molar-refractivity contribution in [1.29, 1.82) is 0 Å². The third kappa shape index (κ3) is 4.47. The third-order valence-corrected chi connectivity index (χ3v) is 3.74. The zero-order chi connectivity index (χ0) is 20.4. The molecule has 11 heteroatoms. The number of methoxy groups -OCH3 is 1. The smallest absolute Gasteiger partial charge is 0.456 e. The SMILES string of the molecule is COc1ccc([C@H]2NC(=O)NC(C)=C2C(=O)OCC(F)(F)C(F)(F)F)cc1. The molecular formula is C16H15F5N2O4. The van der Waals surface area contributed by atoms with Gasteiger partial charge in [0.2, 0.25) is 0 Å². The first-order chi connectivity index (χ1) is 12.5. The van der Waals surface area contributed by atoms with Crippen LogP contribution in [0.2, 0.25) is 0 Å². The van der Waals surface area contributed by atoms with Gasteiger partial charge < -0.3 is 20.1 Å². The number of carbonyl (C=O) groups excluding carboxylic acids is 2. The number of alkyl halides is 5. The molecule has 0 unspecified atom stereocenters. The number of allylic oxidation sites excluding steroid dienone is 1. The van der Waals surface area contributed by atoms with Gasteiger partial charge in [-0.15, -0.1) is 0 Å². The lowest BCUT2D eigenvalue weighted by Gasteiger charge is -2.28. The predicted octanol–water partition coefficient (Wildman–Crippen LogP) is 3.06. The Kier molecular flexibility index (Phi) is 5.62. The molecule has 1 aromatic carbocycles. The van der Waals surface area contributed by atoms with Gasteiger partial charge in [-0.1, -0.05) is 12.1 Å². The van der Waals surface area contributed by atoms with Crippen LogP contribution in [0.1, 0.15) is 18.5 Å². The van der Waals surface area contributed by atoms with Crippen molar-refractivity contribution in [2.45, 2.75) is 25.1 Å². The number of hydrogen-bond acceptors (Lipinski definition) is 4. The van der Waals surface area contributed by atoms with E-state index in [-0.39, 0.29) is 11.3 Å². The number of amides is 2. The number of benzene rings is 1. The highest BCUT2D eigenvalue weighted by Gasteiger charge is 2.58. The van der Waals surface area contributed by atoms with E-state index in [1.807, 2.05) is 0 Å². The minimum absolute atomic E-state index is 0.0279. The van der Waals surface area contributed by atoms with Crippen molar-refractivity contribution in [3.63, 3.8) is 0 Å². The summed E-state index contributed by atoms with van der Waals surface area (Å²) in [6.45, 7) is -0.872. The first-order valence-corrected chi connectivity index (χ1v) is 7.50. The molecule has 6 nitrogen and oxygen atoms in total. The minimum atomic E-state index is -5.86. The lowest BCUT2D eigenvalue weighted by Crippen LogP contribution is -2.46. The topological polar surface area (TPSA) is 76.7 Å². The number of hydrogen-bond donors (Lipinski definition) is 2. The largest absolute Gasteiger partial charge is 0.497 e. The second kappa shape index (κ2) is 7.41. The van der Waals surface area contributed by atoms with E-state index < -0.39 is 36.7 Å². The van der Waals surface area contributed by atoms with Crippen LogP contribution < -0.4 is 15.4 Å². The maximum absolute atomic E-state index is 13.0. The molecule has 0 aliphatic carbocycles. The number of halogens is 5. The highest BCUT2D eigenvalue weighted by Crippen LogP contribution is 2.36. The Bertz CT molecular complexity index is 759. The van der Waals surface area contributed by atoms with Gasteiger partial charge in [0, 0.05) is 5.70 Å². The molecule has 148 valence electrons. The molecule has 0 bridgehead atoms. The number of ether oxygens (including phenoxy) is 2. The van der Waals surface area contributed by atoms with E-state index in [9.17, 15) is 31.5 Å². The fraction of sp³-hybridized carbons (Fsp3) is 0.375. The molecule has 2 amide bonds. The summed E-state index contributed by atoms with van der Waals surface area (Å²) in [5.74, 6) is -6.13. The average Bonchev–Trinajstić information content (AvgIpc) is 2.58. The molecule has 0 spiro atoms. The van der Waals surface area contributed by atoms with Gasteiger partial charge in [0.15, 0.2) is 6.61 Å². The van der Waals surface area contributed by atoms with Crippen molar-refractivity contribution in [3.05, 3.63) is 41.1 Å². The third-order valence-electron chi connectivity index (χ3n) is 3.74. The van der Waals surface area contributed by atoms with Crippen LogP contribution in [0.4, 0.5) is 26.7 Å². The standard InChI is InChI=1S/C16H15F5N2O4/c1-8-11(13(24)27-7-15(17,18)16(19,20)21)12(23-14(25)22-8)9-3-5-10(26-2)6-4-9/h3-6,12H,7H2,1-2H3,(H2,22,23,25)/t12-/m1/s1. The Morgan fingerprint density at radius 1 is 1.15 bits per heavy atom. The number of esters is 1. The van der Waals surface area contributed by atoms with Crippen molar-refractivity contribution in [2.24, 2.45) is 0 Å². The Labute approximate surface area is 150 Å². The Balaban J connectivity index is 2.28. The number of rotatable bonds is 5. The quantitative estimate of drug-likeness (QED) is 0.595. The van der Waals surface area contributed by atoms with Crippen LogP contribution >= 0.6 is 0 Å². The molecule has 1 heterocycles. The molecule has 1 aromatic rings. The molecule has 2 N–H and O–H groups in total. The van der Waals surface area contributed by atoms with Gasteiger partial charge in [-0.3, -0.25) is 0 Å². The monoisotopic (exact) mass is 394 g/mol. The van der Waals surface area contributed by atoms with E-state index in [1.54, 1.807) is 0 Å². The van der Waals surface area contributed by atoms with Crippen LogP contribution in [0.15, 0.2) is 35.5 Å². The number of nitrogens with one attached hydrogen (secondary N) is 2. The minimum Gasteiger partial charge on any atom is -0.497 e. The second-order valence-corrected chi connectivity index (χ2v) is 5.62. The first kappa shape index (κ1) is 20.5. The van der Waals surface area contributed by atoms with Crippen LogP contribution in [0, 0.1) is 0 Å². The van der Waals surface area contributed by atoms with Gasteiger partial charge in [0.1, 0.15) is 5.75 Å². The van der Waals surface area contributed by atoms with Crippen molar-refractivity contribution >= 4 is 12.0 Å². The van der Waals surface area contributed by atoms with E-state index >= 15 is 0 Å². The molecule has 1 aliphatic heterocycles. The van der Waals surface area contributed by atoms with Gasteiger partial charge in [0.25, 0.3) is 0 Å². The van der Waals surface area contributed by atoms with Gasteiger partial charge in [-0.25, -0.2) is 9.59 Å². The predicted molar refractivity (Wildman–Crippen MR) is 82.1 cm³/mol. The van der Waals surface area contributed by atoms with Crippen LogP contribution in [-0.4, -0.2) is 37.8 Å². The molecule has 0 saturated heterocycles. The molecule has 0 fully saturated rings. The first-order valence-electron chi connectivity index (χ1n) is 7.50. The van der Waals surface area contributed by atoms with Gasteiger partial charge in [-0.2, -0.15) is 22.0 Å². The molecule has 1 atom stereocenters. The maximum Gasteiger partial charge on any atom is 0.456 e. The van der Waals surface area contributed by atoms with Gasteiger partial charge in [-0.05, 0) is 24.6 Å². The summed E-state index contributed by atoms with van der Waals surface area (Å²) in [6, 6.07) is 4.28. The van der Waals surface area contributed by atoms with Crippen LogP contribution in [0.3, 0.4) is 0 Å². The Morgan fingerprint density at radius 2 is 1.74 bits per heavy atom. The van der Waals surface area contributed by atoms with Gasteiger partial charge >= 0.3 is 24.1 Å². The van der Waals surface area contributed by atoms with E-state index in [0.29, 0.717) is 11.3 Å². The molecule has 0 saturated carbocycles. The van der Waals surface area contributed by atoms with E-state index in [4.69, 9.17) is 4.74 Å². The van der Waals surface area contributed by atoms with Crippen LogP contribution in [0.5, 0.6) is 5.75 Å². The highest BCUT2D eigenvalue weighted by atomic mass is 19.4. The molecule has 27 heavy (non-hydrogen) atoms. The van der Waals surface area contributed by atoms with Crippen LogP contribution in [0.25, 0.3) is 0 Å². The molecule has 0 aromatic heterocycles. The summed E-state index contributed by atoms with van der Waals surface area (Å²) in [4.78, 5) is 23.9. The van der Waals surface area contributed by atoms with E-state index in [1.165, 1.54) is 38.3 Å². The lowest BCUT2D eigenvalue weighted by atomic mass is 9.95. The summed E-state index contributed by atoms with van der Waals surface area (Å²) in [5.41, 5.74) is 0.0529. The molecule has 2 rings (SSSR count). The Morgan fingerprint density at radius 3 is 2.26 bits per heavy atom. The van der Waals surface area contributed by atoms with E-state index in [2.05, 4.69) is 15.4 Å². The van der Waals surface area contributed by atoms with Crippen molar-refractivity contribution in [1.82, 2.24) is 10.6 Å². The molecular weight excluding hydrogens is 379 g/mol. The number of urea groups is 1.